The predicted molar refractivity (Wildman–Crippen MR) is 157 cm³/mol. The molecular weight excluding hydrogens is 444 g/mol. The van der Waals surface area contributed by atoms with Crippen LogP contribution >= 0.6 is 0 Å². The molecule has 7 rings (SSSR count). The van der Waals surface area contributed by atoms with Gasteiger partial charge in [-0.25, -0.2) is 0 Å². The minimum Gasteiger partial charge on any atom is -0.0622 e. The Labute approximate surface area is 227 Å². The second kappa shape index (κ2) is 10.2. The lowest BCUT2D eigenvalue weighted by molar-refractivity contribution is 0.215. The van der Waals surface area contributed by atoms with Crippen LogP contribution in [0.5, 0.6) is 0 Å². The highest BCUT2D eigenvalue weighted by atomic mass is 14.5. The summed E-state index contributed by atoms with van der Waals surface area (Å²) in [4.78, 5) is 0. The van der Waals surface area contributed by atoms with Crippen LogP contribution in [0.4, 0.5) is 0 Å². The molecule has 5 saturated carbocycles. The fourth-order valence-corrected chi connectivity index (χ4v) is 9.21. The van der Waals surface area contributed by atoms with Crippen LogP contribution in [0.15, 0.2) is 36.4 Å². The van der Waals surface area contributed by atoms with E-state index in [0.717, 1.165) is 29.6 Å². The lowest BCUT2D eigenvalue weighted by Gasteiger charge is -2.48. The van der Waals surface area contributed by atoms with Gasteiger partial charge in [0.2, 0.25) is 0 Å². The van der Waals surface area contributed by atoms with Crippen LogP contribution in [-0.4, -0.2) is 0 Å². The van der Waals surface area contributed by atoms with Crippen molar-refractivity contribution < 1.29 is 0 Å². The van der Waals surface area contributed by atoms with E-state index < -0.39 is 0 Å². The number of hydrogen-bond acceptors (Lipinski definition) is 0. The highest BCUT2D eigenvalue weighted by Gasteiger charge is 2.49. The molecule has 1 unspecified atom stereocenters. The first-order valence-corrected chi connectivity index (χ1v) is 16.5. The van der Waals surface area contributed by atoms with Crippen LogP contribution in [0, 0.1) is 11.8 Å². The first-order valence-electron chi connectivity index (χ1n) is 16.5. The molecule has 0 N–H and O–H groups in total. The van der Waals surface area contributed by atoms with Gasteiger partial charge in [-0.05, 0) is 127 Å². The number of benzene rings is 2. The Kier molecular flexibility index (Phi) is 6.75. The van der Waals surface area contributed by atoms with E-state index >= 15 is 0 Å². The van der Waals surface area contributed by atoms with E-state index in [-0.39, 0.29) is 5.41 Å². The lowest BCUT2D eigenvalue weighted by Crippen LogP contribution is -2.40. The lowest BCUT2D eigenvalue weighted by atomic mass is 9.56. The van der Waals surface area contributed by atoms with Gasteiger partial charge >= 0.3 is 0 Å². The smallest absolute Gasteiger partial charge is 0.0236 e. The minimum absolute atomic E-state index is 0.227. The molecule has 1 atom stereocenters. The number of hydrogen-bond donors (Lipinski definition) is 0. The Balaban J connectivity index is 1.53. The van der Waals surface area contributed by atoms with E-state index in [9.17, 15) is 0 Å². The van der Waals surface area contributed by atoms with Crippen molar-refractivity contribution in [1.82, 2.24) is 0 Å². The quantitative estimate of drug-likeness (QED) is 0.325. The highest BCUT2D eigenvalue weighted by Crippen LogP contribution is 2.60. The second-order valence-electron chi connectivity index (χ2n) is 13.9. The largest absolute Gasteiger partial charge is 0.0622 e. The SMILES string of the molecule is CCc1cc(C(CC2CC2)(c2ccccc2)C2CCCCC2)c(C2CCCC2)c(C2CCC2)c1C1CC1. The van der Waals surface area contributed by atoms with Gasteiger partial charge in [0.1, 0.15) is 0 Å². The molecule has 0 nitrogen and oxygen atoms in total. The van der Waals surface area contributed by atoms with Gasteiger partial charge in [-0.1, -0.05) is 94.7 Å². The van der Waals surface area contributed by atoms with E-state index in [4.69, 9.17) is 0 Å². The molecule has 2 aromatic carbocycles. The van der Waals surface area contributed by atoms with E-state index in [0.29, 0.717) is 0 Å². The summed E-state index contributed by atoms with van der Waals surface area (Å²) in [5, 5.41) is 0. The summed E-state index contributed by atoms with van der Waals surface area (Å²) in [7, 11) is 0. The topological polar surface area (TPSA) is 0 Å². The molecule has 37 heavy (non-hydrogen) atoms. The average Bonchev–Trinajstić information content (AvgIpc) is 3.86. The third-order valence-electron chi connectivity index (χ3n) is 11.6. The van der Waals surface area contributed by atoms with Crippen molar-refractivity contribution in [2.45, 2.75) is 146 Å². The van der Waals surface area contributed by atoms with Crippen LogP contribution in [0.2, 0.25) is 0 Å². The first-order chi connectivity index (χ1) is 18.3. The maximum absolute atomic E-state index is 2.88. The van der Waals surface area contributed by atoms with Gasteiger partial charge in [0.05, 0.1) is 0 Å². The molecule has 0 spiro atoms. The van der Waals surface area contributed by atoms with E-state index in [1.54, 1.807) is 11.1 Å². The Bertz CT molecular complexity index is 1070. The molecule has 0 aliphatic heterocycles. The van der Waals surface area contributed by atoms with Crippen LogP contribution in [0.3, 0.4) is 0 Å². The van der Waals surface area contributed by atoms with Crippen molar-refractivity contribution in [2.24, 2.45) is 11.8 Å². The maximum atomic E-state index is 2.88. The van der Waals surface area contributed by atoms with Gasteiger partial charge in [-0.3, -0.25) is 0 Å². The third kappa shape index (κ3) is 4.43. The van der Waals surface area contributed by atoms with Gasteiger partial charge in [-0.15, -0.1) is 0 Å². The van der Waals surface area contributed by atoms with Gasteiger partial charge < -0.3 is 0 Å². The zero-order chi connectivity index (χ0) is 24.8. The van der Waals surface area contributed by atoms with Crippen LogP contribution < -0.4 is 0 Å². The van der Waals surface area contributed by atoms with Crippen molar-refractivity contribution in [3.05, 3.63) is 69.8 Å². The van der Waals surface area contributed by atoms with Crippen LogP contribution in [0.25, 0.3) is 0 Å². The second-order valence-corrected chi connectivity index (χ2v) is 13.9. The molecule has 0 radical (unpaired) electrons. The summed E-state index contributed by atoms with van der Waals surface area (Å²) in [6.45, 7) is 2.47. The number of aryl methyl sites for hydroxylation is 1. The summed E-state index contributed by atoms with van der Waals surface area (Å²) in [5.74, 6) is 4.31. The third-order valence-corrected chi connectivity index (χ3v) is 11.6. The Morgan fingerprint density at radius 1 is 0.622 bits per heavy atom. The Morgan fingerprint density at radius 2 is 1.24 bits per heavy atom. The normalized spacial score (nSPS) is 25.2. The van der Waals surface area contributed by atoms with Crippen molar-refractivity contribution in [1.29, 1.82) is 0 Å². The van der Waals surface area contributed by atoms with E-state index in [1.807, 2.05) is 22.3 Å². The van der Waals surface area contributed by atoms with Crippen molar-refractivity contribution in [2.75, 3.05) is 0 Å². The fraction of sp³-hybridized carbons (Fsp3) is 0.676. The number of rotatable bonds is 9. The predicted octanol–water partition coefficient (Wildman–Crippen LogP) is 10.7. The van der Waals surface area contributed by atoms with Crippen molar-refractivity contribution in [3.8, 4) is 0 Å². The Hall–Kier alpha value is -1.56. The van der Waals surface area contributed by atoms with E-state index in [1.165, 1.54) is 116 Å². The fourth-order valence-electron chi connectivity index (χ4n) is 9.21. The molecule has 0 bridgehead atoms. The standard InChI is InChI=1S/C37H50/c1-2-27-24-33(35(28-12-9-10-13-28)36(29-14-11-15-29)34(27)30-22-23-30)37(25-26-20-21-26,31-16-5-3-6-17-31)32-18-7-4-8-19-32/h3,5-6,16-17,24,26,28-30,32H,2,4,7-15,18-23,25H2,1H3. The molecule has 0 heterocycles. The summed E-state index contributed by atoms with van der Waals surface area (Å²) in [5.41, 5.74) is 11.3. The van der Waals surface area contributed by atoms with Crippen molar-refractivity contribution >= 4 is 0 Å². The molecule has 0 heteroatoms. The summed E-state index contributed by atoms with van der Waals surface area (Å²) in [6.07, 6.45) is 25.9. The molecule has 2 aromatic rings. The van der Waals surface area contributed by atoms with Crippen LogP contribution in [0.1, 0.15) is 167 Å². The molecule has 5 aliphatic carbocycles. The summed E-state index contributed by atoms with van der Waals surface area (Å²) < 4.78 is 0. The maximum Gasteiger partial charge on any atom is 0.0236 e. The zero-order valence-electron chi connectivity index (χ0n) is 23.6. The molecule has 198 valence electrons. The first kappa shape index (κ1) is 24.5. The highest BCUT2D eigenvalue weighted by molar-refractivity contribution is 5.58. The zero-order valence-corrected chi connectivity index (χ0v) is 23.6. The molecule has 5 fully saturated rings. The summed E-state index contributed by atoms with van der Waals surface area (Å²) >= 11 is 0. The molecule has 0 amide bonds. The molecular formula is C37H50. The van der Waals surface area contributed by atoms with E-state index in [2.05, 4.69) is 43.3 Å². The van der Waals surface area contributed by atoms with Gasteiger partial charge in [-0.2, -0.15) is 0 Å². The van der Waals surface area contributed by atoms with Crippen LogP contribution in [-0.2, 0) is 11.8 Å². The Morgan fingerprint density at radius 3 is 1.84 bits per heavy atom. The minimum atomic E-state index is 0.227. The molecule has 0 aromatic heterocycles. The monoisotopic (exact) mass is 494 g/mol. The van der Waals surface area contributed by atoms with Gasteiger partial charge in [0.25, 0.3) is 0 Å². The molecule has 5 aliphatic rings. The van der Waals surface area contributed by atoms with Crippen molar-refractivity contribution in [3.63, 3.8) is 0 Å². The summed E-state index contributed by atoms with van der Waals surface area (Å²) in [6, 6.07) is 15.0. The van der Waals surface area contributed by atoms with Gasteiger partial charge in [0.15, 0.2) is 0 Å². The average molecular weight is 495 g/mol. The van der Waals surface area contributed by atoms with Gasteiger partial charge in [0, 0.05) is 5.41 Å². The molecule has 0 saturated heterocycles.